The van der Waals surface area contributed by atoms with E-state index < -0.39 is 94.9 Å². The van der Waals surface area contributed by atoms with Gasteiger partial charge >= 0.3 is 54.1 Å². The summed E-state index contributed by atoms with van der Waals surface area (Å²) >= 11 is 0. The highest BCUT2D eigenvalue weighted by atomic mass is 19.4. The van der Waals surface area contributed by atoms with Crippen molar-refractivity contribution in [2.75, 3.05) is 0 Å². The van der Waals surface area contributed by atoms with Gasteiger partial charge in [0.1, 0.15) is 0 Å². The minimum Gasteiger partial charge on any atom is -0.194 e. The summed E-state index contributed by atoms with van der Waals surface area (Å²) in [4.78, 5) is 0. The van der Waals surface area contributed by atoms with Crippen LogP contribution in [-0.4, -0.2) is 36.3 Å². The number of alkyl halides is 21. The van der Waals surface area contributed by atoms with Crippen LogP contribution in [0.3, 0.4) is 0 Å². The molecule has 0 aliphatic rings. The van der Waals surface area contributed by atoms with Gasteiger partial charge in [0.15, 0.2) is 0 Å². The highest BCUT2D eigenvalue weighted by Crippen LogP contribution is 2.59. The molecule has 0 aliphatic carbocycles. The molecule has 0 unspecified atom stereocenters. The average molecular weight is 610 g/mol. The first-order valence-electron chi connectivity index (χ1n) is 8.93. The smallest absolute Gasteiger partial charge is 0.194 e. The fourth-order valence-corrected chi connectivity index (χ4v) is 2.85. The molecule has 0 atom stereocenters. The molecule has 1 aromatic rings. The third-order valence-corrected chi connectivity index (χ3v) is 4.89. The normalized spacial score (nSPS) is 15.7. The van der Waals surface area contributed by atoms with Crippen molar-refractivity contribution < 1.29 is 92.2 Å². The van der Waals surface area contributed by atoms with Crippen molar-refractivity contribution in [2.24, 2.45) is 0 Å². The Hall–Kier alpha value is -2.25. The van der Waals surface area contributed by atoms with E-state index in [9.17, 15) is 92.2 Å². The number of benzene rings is 1. The first-order chi connectivity index (χ1) is 16.3. The summed E-state index contributed by atoms with van der Waals surface area (Å²) in [6.45, 7) is 0.147. The highest BCUT2D eigenvalue weighted by Gasteiger charge is 2.78. The van der Waals surface area contributed by atoms with Gasteiger partial charge in [-0.15, -0.1) is 0 Å². The van der Waals surface area contributed by atoms with Gasteiger partial charge in [0.2, 0.25) is 0 Å². The van der Waals surface area contributed by atoms with Gasteiger partial charge in [-0.05, 0) is 24.1 Å². The summed E-state index contributed by atoms with van der Waals surface area (Å²) in [6, 6.07) is -3.35. The Kier molecular flexibility index (Phi) is 7.90. The molecule has 0 radical (unpaired) electrons. The van der Waals surface area contributed by atoms with Crippen LogP contribution in [0.4, 0.5) is 92.2 Å². The lowest BCUT2D eigenvalue weighted by Crippen LogP contribution is -2.53. The molecule has 0 amide bonds. The van der Waals surface area contributed by atoms with Gasteiger partial charge in [-0.2, -0.15) is 92.2 Å². The summed E-state index contributed by atoms with van der Waals surface area (Å²) in [7, 11) is 0. The van der Waals surface area contributed by atoms with E-state index in [2.05, 4.69) is 0 Å². The molecule has 0 heterocycles. The molecule has 0 fully saturated rings. The number of hydrogen-bond acceptors (Lipinski definition) is 0. The number of rotatable bonds is 7. The molecule has 0 saturated carbocycles. The zero-order chi connectivity index (χ0) is 30.9. The zero-order valence-electron chi connectivity index (χ0n) is 17.3. The predicted octanol–water partition coefficient (Wildman–Crippen LogP) is 9.12. The van der Waals surface area contributed by atoms with E-state index in [4.69, 9.17) is 0 Å². The minimum atomic E-state index is -7.55. The Balaban J connectivity index is 4.45. The van der Waals surface area contributed by atoms with E-state index >= 15 is 0 Å². The van der Waals surface area contributed by atoms with Crippen molar-refractivity contribution in [1.82, 2.24) is 0 Å². The van der Waals surface area contributed by atoms with Gasteiger partial charge in [0.05, 0.1) is 0 Å². The van der Waals surface area contributed by atoms with Crippen molar-refractivity contribution in [3.05, 3.63) is 34.4 Å². The summed E-state index contributed by atoms with van der Waals surface area (Å²) in [6.07, 6.45) is -24.3. The molecule has 0 nitrogen and oxygen atoms in total. The maximum atomic E-state index is 14.3. The van der Waals surface area contributed by atoms with Crippen LogP contribution in [0.25, 0.3) is 0 Å². The van der Waals surface area contributed by atoms with Gasteiger partial charge in [-0.3, -0.25) is 0 Å². The maximum absolute atomic E-state index is 14.3. The molecule has 1 aromatic carbocycles. The van der Waals surface area contributed by atoms with Gasteiger partial charge < -0.3 is 0 Å². The minimum absolute atomic E-state index is 0.147. The van der Waals surface area contributed by atoms with Crippen LogP contribution < -0.4 is 0 Å². The van der Waals surface area contributed by atoms with Gasteiger partial charge in [0.25, 0.3) is 0 Å². The van der Waals surface area contributed by atoms with E-state index in [-0.39, 0.29) is 6.92 Å². The number of halogens is 21. The molecule has 38 heavy (non-hydrogen) atoms. The lowest BCUT2D eigenvalue weighted by atomic mass is 9.83. The largest absolute Gasteiger partial charge is 0.460 e. The van der Waals surface area contributed by atoms with Crippen LogP contribution >= 0.6 is 0 Å². The first-order valence-corrected chi connectivity index (χ1v) is 8.93. The van der Waals surface area contributed by atoms with E-state index in [1.807, 2.05) is 0 Å². The Morgan fingerprint density at radius 1 is 0.421 bits per heavy atom. The molecular formula is C17H7F21. The molecule has 0 N–H and O–H groups in total. The molecule has 21 heteroatoms. The summed E-state index contributed by atoms with van der Waals surface area (Å²) in [5, 5.41) is 0. The van der Waals surface area contributed by atoms with Crippen LogP contribution in [-0.2, 0) is 24.2 Å². The molecule has 0 aliphatic heterocycles. The molecule has 1 rings (SSSR count). The summed E-state index contributed by atoms with van der Waals surface area (Å²) in [5.74, 6) is -44.2. The summed E-state index contributed by atoms with van der Waals surface area (Å²) < 4.78 is 279. The van der Waals surface area contributed by atoms with Crippen molar-refractivity contribution >= 4 is 0 Å². The Morgan fingerprint density at radius 2 is 0.658 bits per heavy atom. The van der Waals surface area contributed by atoms with E-state index in [0.29, 0.717) is 0 Å². The fraction of sp³-hybridized carbons (Fsp3) is 0.647. The Labute approximate surface area is 195 Å². The van der Waals surface area contributed by atoms with Crippen molar-refractivity contribution in [3.8, 4) is 0 Å². The Morgan fingerprint density at radius 3 is 0.868 bits per heavy atom. The van der Waals surface area contributed by atoms with Crippen LogP contribution in [0, 0.1) is 0 Å². The monoisotopic (exact) mass is 610 g/mol. The van der Waals surface area contributed by atoms with Crippen molar-refractivity contribution in [2.45, 2.75) is 67.4 Å². The molecule has 0 saturated heterocycles. The molecule has 222 valence electrons. The van der Waals surface area contributed by atoms with Crippen LogP contribution in [0.2, 0.25) is 0 Å². The average Bonchev–Trinajstić information content (AvgIpc) is 2.69. The zero-order valence-corrected chi connectivity index (χ0v) is 17.3. The topological polar surface area (TPSA) is 0 Å². The Bertz CT molecular complexity index is 961. The van der Waals surface area contributed by atoms with Crippen LogP contribution in [0.5, 0.6) is 0 Å². The second-order valence-corrected chi connectivity index (χ2v) is 7.34. The second kappa shape index (κ2) is 8.88. The lowest BCUT2D eigenvalue weighted by Gasteiger charge is -2.35. The SMILES string of the molecule is CCc1c(C(F)(F)C(F)(F)C(F)(F)F)cc(C(F)(F)C(F)(F)C(F)(F)F)cc1C(F)(F)C(F)(F)C(F)(F)F. The fourth-order valence-electron chi connectivity index (χ4n) is 2.85. The third kappa shape index (κ3) is 4.70. The van der Waals surface area contributed by atoms with Gasteiger partial charge in [0, 0.05) is 16.7 Å². The van der Waals surface area contributed by atoms with E-state index in [0.717, 1.165) is 0 Å². The van der Waals surface area contributed by atoms with Crippen molar-refractivity contribution in [3.63, 3.8) is 0 Å². The van der Waals surface area contributed by atoms with Crippen molar-refractivity contribution in [1.29, 1.82) is 0 Å². The lowest BCUT2D eigenvalue weighted by molar-refractivity contribution is -0.362. The molecule has 0 spiro atoms. The third-order valence-electron chi connectivity index (χ3n) is 4.89. The summed E-state index contributed by atoms with van der Waals surface area (Å²) in [5.41, 5.74) is -13.6. The second-order valence-electron chi connectivity index (χ2n) is 7.34. The molecule has 0 aromatic heterocycles. The van der Waals surface area contributed by atoms with Gasteiger partial charge in [-0.25, -0.2) is 0 Å². The highest BCUT2D eigenvalue weighted by molar-refractivity contribution is 5.47. The molecular weight excluding hydrogens is 603 g/mol. The first kappa shape index (κ1) is 33.8. The maximum Gasteiger partial charge on any atom is 0.460 e. The van der Waals surface area contributed by atoms with Crippen LogP contribution in [0.15, 0.2) is 12.1 Å². The standard InChI is InChI=1S/C17H7F21/c1-2-6-7(10(20,21)13(26,27)16(33,34)35)3-5(9(18,19)12(24,25)15(30,31)32)4-8(6)11(22,23)14(28,29)17(36,37)38/h3-4H,2H2,1H3. The quantitative estimate of drug-likeness (QED) is 0.271. The van der Waals surface area contributed by atoms with Crippen LogP contribution in [0.1, 0.15) is 29.2 Å². The predicted molar refractivity (Wildman–Crippen MR) is 80.5 cm³/mol. The molecule has 0 bridgehead atoms. The van der Waals surface area contributed by atoms with E-state index in [1.54, 1.807) is 0 Å². The van der Waals surface area contributed by atoms with E-state index in [1.165, 1.54) is 0 Å². The number of hydrogen-bond donors (Lipinski definition) is 0. The van der Waals surface area contributed by atoms with Gasteiger partial charge in [-0.1, -0.05) is 6.92 Å².